The molecule has 4 N–H and O–H groups in total. The molecule has 5 heteroatoms. The Morgan fingerprint density at radius 3 is 1.12 bits per heavy atom. The summed E-state index contributed by atoms with van der Waals surface area (Å²) in [6.45, 7) is 4.17. The standard InChI is InChI=1S/C47H93NO4/c1-3-5-7-9-11-13-15-17-18-19-20-21-22-23-24-25-26-27-28-29-30-32-34-36-38-40-42-46(51)48-44(43-49)47(52)45(50)41-39-37-35-33-31-16-14-12-10-8-6-4-2/h33,35,44-45,47,49-50,52H,3-32,34,36-43H2,1-2H3,(H,48,51)/b35-33+. The van der Waals surface area contributed by atoms with Gasteiger partial charge in [-0.05, 0) is 38.5 Å². The van der Waals surface area contributed by atoms with Gasteiger partial charge in [-0.2, -0.15) is 0 Å². The van der Waals surface area contributed by atoms with Crippen molar-refractivity contribution in [2.24, 2.45) is 0 Å². The first-order valence-corrected chi connectivity index (χ1v) is 23.5. The summed E-state index contributed by atoms with van der Waals surface area (Å²) in [7, 11) is 0. The lowest BCUT2D eigenvalue weighted by Crippen LogP contribution is -2.50. The Bertz CT molecular complexity index is 728. The molecule has 0 saturated carbocycles. The number of hydrogen-bond donors (Lipinski definition) is 4. The van der Waals surface area contributed by atoms with E-state index in [1.165, 1.54) is 193 Å². The van der Waals surface area contributed by atoms with Crippen LogP contribution in [0.3, 0.4) is 0 Å². The molecule has 3 atom stereocenters. The van der Waals surface area contributed by atoms with Gasteiger partial charge < -0.3 is 20.6 Å². The Balaban J connectivity index is 3.52. The Labute approximate surface area is 325 Å². The normalized spacial score (nSPS) is 13.6. The summed E-state index contributed by atoms with van der Waals surface area (Å²) >= 11 is 0. The van der Waals surface area contributed by atoms with Gasteiger partial charge in [0, 0.05) is 6.42 Å². The number of nitrogens with one attached hydrogen (secondary N) is 1. The molecule has 0 aliphatic carbocycles. The molecule has 52 heavy (non-hydrogen) atoms. The molecular weight excluding hydrogens is 643 g/mol. The van der Waals surface area contributed by atoms with Crippen molar-refractivity contribution in [3.8, 4) is 0 Å². The van der Waals surface area contributed by atoms with Crippen LogP contribution in [-0.2, 0) is 4.79 Å². The number of hydrogen-bond acceptors (Lipinski definition) is 4. The zero-order chi connectivity index (χ0) is 38.0. The third kappa shape index (κ3) is 37.4. The molecule has 5 nitrogen and oxygen atoms in total. The molecule has 0 rings (SSSR count). The maximum absolute atomic E-state index is 12.4. The van der Waals surface area contributed by atoms with E-state index in [0.717, 1.165) is 38.5 Å². The van der Waals surface area contributed by atoms with Crippen molar-refractivity contribution in [2.45, 2.75) is 276 Å². The van der Waals surface area contributed by atoms with E-state index in [1.54, 1.807) is 0 Å². The number of aliphatic hydroxyl groups is 3. The summed E-state index contributed by atoms with van der Waals surface area (Å²) in [5.74, 6) is -0.150. The molecular formula is C47H93NO4. The molecule has 0 aliphatic rings. The first-order valence-electron chi connectivity index (χ1n) is 23.5. The van der Waals surface area contributed by atoms with E-state index in [1.807, 2.05) is 0 Å². The molecule has 0 bridgehead atoms. The predicted octanol–water partition coefficient (Wildman–Crippen LogP) is 13.6. The van der Waals surface area contributed by atoms with Crippen molar-refractivity contribution >= 4 is 5.91 Å². The second-order valence-electron chi connectivity index (χ2n) is 16.3. The third-order valence-electron chi connectivity index (χ3n) is 11.1. The fourth-order valence-electron chi connectivity index (χ4n) is 7.46. The smallest absolute Gasteiger partial charge is 0.220 e. The predicted molar refractivity (Wildman–Crippen MR) is 227 cm³/mol. The molecule has 0 saturated heterocycles. The molecule has 0 aliphatic heterocycles. The maximum atomic E-state index is 12.4. The van der Waals surface area contributed by atoms with Crippen LogP contribution < -0.4 is 5.32 Å². The average molecular weight is 736 g/mol. The van der Waals surface area contributed by atoms with Gasteiger partial charge >= 0.3 is 0 Å². The van der Waals surface area contributed by atoms with E-state index in [4.69, 9.17) is 0 Å². The van der Waals surface area contributed by atoms with E-state index < -0.39 is 18.2 Å². The van der Waals surface area contributed by atoms with Gasteiger partial charge in [0.05, 0.1) is 18.8 Å². The molecule has 0 spiro atoms. The SMILES string of the molecule is CCCCCCCCC/C=C/CCCC(O)C(O)C(CO)NC(=O)CCCCCCCCCCCCCCCCCCCCCCCCCCCC. The summed E-state index contributed by atoms with van der Waals surface area (Å²) in [5, 5.41) is 33.5. The van der Waals surface area contributed by atoms with Crippen LogP contribution in [0.5, 0.6) is 0 Å². The van der Waals surface area contributed by atoms with Crippen molar-refractivity contribution in [2.75, 3.05) is 6.61 Å². The highest BCUT2D eigenvalue weighted by molar-refractivity contribution is 5.76. The lowest BCUT2D eigenvalue weighted by molar-refractivity contribution is -0.124. The van der Waals surface area contributed by atoms with Gasteiger partial charge in [0.15, 0.2) is 0 Å². The van der Waals surface area contributed by atoms with Gasteiger partial charge in [-0.3, -0.25) is 4.79 Å². The van der Waals surface area contributed by atoms with Gasteiger partial charge in [-0.1, -0.05) is 225 Å². The van der Waals surface area contributed by atoms with Crippen molar-refractivity contribution < 1.29 is 20.1 Å². The maximum Gasteiger partial charge on any atom is 0.220 e. The number of amides is 1. The molecule has 0 aromatic heterocycles. The van der Waals surface area contributed by atoms with Crippen LogP contribution in [0.1, 0.15) is 258 Å². The molecule has 0 radical (unpaired) electrons. The van der Waals surface area contributed by atoms with Crippen LogP contribution in [0.15, 0.2) is 12.2 Å². The molecule has 1 amide bonds. The minimum atomic E-state index is -1.15. The number of carbonyl (C=O) groups is 1. The summed E-state index contributed by atoms with van der Waals surface area (Å²) in [6.07, 6.45) is 50.6. The third-order valence-corrected chi connectivity index (χ3v) is 11.1. The van der Waals surface area contributed by atoms with E-state index in [2.05, 4.69) is 31.3 Å². The quantitative estimate of drug-likeness (QED) is 0.0371. The summed E-state index contributed by atoms with van der Waals surface area (Å²) < 4.78 is 0. The minimum absolute atomic E-state index is 0.150. The first kappa shape index (κ1) is 51.1. The Morgan fingerprint density at radius 1 is 0.462 bits per heavy atom. The van der Waals surface area contributed by atoms with Crippen LogP contribution >= 0.6 is 0 Å². The zero-order valence-corrected chi connectivity index (χ0v) is 35.2. The number of unbranched alkanes of at least 4 members (excludes halogenated alkanes) is 33. The number of rotatable bonds is 43. The van der Waals surface area contributed by atoms with Gasteiger partial charge in [0.2, 0.25) is 5.91 Å². The summed E-state index contributed by atoms with van der Waals surface area (Å²) in [4.78, 5) is 12.4. The van der Waals surface area contributed by atoms with Crippen molar-refractivity contribution in [1.29, 1.82) is 0 Å². The number of carbonyl (C=O) groups excluding carboxylic acids is 1. The van der Waals surface area contributed by atoms with Crippen molar-refractivity contribution in [1.82, 2.24) is 5.32 Å². The highest BCUT2D eigenvalue weighted by Gasteiger charge is 2.26. The second-order valence-corrected chi connectivity index (χ2v) is 16.3. The number of aliphatic hydroxyl groups excluding tert-OH is 3. The van der Waals surface area contributed by atoms with Crippen LogP contribution in [0.2, 0.25) is 0 Å². The van der Waals surface area contributed by atoms with Crippen LogP contribution in [0.4, 0.5) is 0 Å². The second kappa shape index (κ2) is 42.8. The van der Waals surface area contributed by atoms with Gasteiger partial charge in [-0.25, -0.2) is 0 Å². The first-order chi connectivity index (χ1) is 25.6. The summed E-state index contributed by atoms with van der Waals surface area (Å²) in [6, 6.07) is -0.820. The largest absolute Gasteiger partial charge is 0.394 e. The topological polar surface area (TPSA) is 89.8 Å². The van der Waals surface area contributed by atoms with E-state index in [-0.39, 0.29) is 12.5 Å². The van der Waals surface area contributed by atoms with E-state index in [9.17, 15) is 20.1 Å². The Morgan fingerprint density at radius 2 is 0.769 bits per heavy atom. The zero-order valence-electron chi connectivity index (χ0n) is 35.2. The molecule has 0 aromatic rings. The lowest BCUT2D eigenvalue weighted by atomic mass is 10.0. The molecule has 0 heterocycles. The van der Waals surface area contributed by atoms with Crippen molar-refractivity contribution in [3.63, 3.8) is 0 Å². The molecule has 0 fully saturated rings. The average Bonchev–Trinajstić information content (AvgIpc) is 3.15. The minimum Gasteiger partial charge on any atom is -0.394 e. The molecule has 0 aromatic carbocycles. The van der Waals surface area contributed by atoms with Crippen LogP contribution in [0.25, 0.3) is 0 Å². The van der Waals surface area contributed by atoms with Crippen LogP contribution in [-0.4, -0.2) is 46.1 Å². The molecule has 3 unspecified atom stereocenters. The van der Waals surface area contributed by atoms with Gasteiger partial charge in [-0.15, -0.1) is 0 Å². The monoisotopic (exact) mass is 736 g/mol. The highest BCUT2D eigenvalue weighted by atomic mass is 16.3. The van der Waals surface area contributed by atoms with Gasteiger partial charge in [0.1, 0.15) is 6.10 Å². The highest BCUT2D eigenvalue weighted by Crippen LogP contribution is 2.17. The Hall–Kier alpha value is -0.910. The van der Waals surface area contributed by atoms with Crippen molar-refractivity contribution in [3.05, 3.63) is 12.2 Å². The van der Waals surface area contributed by atoms with Gasteiger partial charge in [0.25, 0.3) is 0 Å². The lowest BCUT2D eigenvalue weighted by Gasteiger charge is -2.26. The Kier molecular flexibility index (Phi) is 42.1. The van der Waals surface area contributed by atoms with E-state index in [0.29, 0.717) is 12.8 Å². The van der Waals surface area contributed by atoms with Crippen LogP contribution in [0, 0.1) is 0 Å². The summed E-state index contributed by atoms with van der Waals surface area (Å²) in [5.41, 5.74) is 0. The molecule has 310 valence electrons. The number of allylic oxidation sites excluding steroid dienone is 2. The fraction of sp³-hybridized carbons (Fsp3) is 0.936. The van der Waals surface area contributed by atoms with E-state index >= 15 is 0 Å². The fourth-order valence-corrected chi connectivity index (χ4v) is 7.46.